The van der Waals surface area contributed by atoms with Crippen LogP contribution in [-0.4, -0.2) is 30.3 Å². The van der Waals surface area contributed by atoms with Crippen LogP contribution >= 0.6 is 23.2 Å². The second kappa shape index (κ2) is 9.03. The summed E-state index contributed by atoms with van der Waals surface area (Å²) in [6, 6.07) is 10.9. The number of anilines is 2. The molecule has 0 atom stereocenters. The van der Waals surface area contributed by atoms with Gasteiger partial charge in [-0.05, 0) is 36.2 Å². The van der Waals surface area contributed by atoms with E-state index in [0.717, 1.165) is 11.6 Å². The van der Waals surface area contributed by atoms with Gasteiger partial charge in [-0.25, -0.2) is 12.8 Å². The number of nitrogens with one attached hydrogen (secondary N) is 3. The second-order valence-electron chi connectivity index (χ2n) is 6.33. The van der Waals surface area contributed by atoms with E-state index in [4.69, 9.17) is 23.2 Å². The normalized spacial score (nSPS) is 11.3. The molecule has 0 saturated carbocycles. The number of nitrogens with zero attached hydrogens (tertiary/aromatic N) is 1. The van der Waals surface area contributed by atoms with Crippen molar-refractivity contribution in [2.45, 2.75) is 13.3 Å². The third-order valence-electron chi connectivity index (χ3n) is 4.03. The zero-order valence-electron chi connectivity index (χ0n) is 15.7. The molecule has 1 heterocycles. The summed E-state index contributed by atoms with van der Waals surface area (Å²) < 4.78 is 40.9. The fourth-order valence-electron chi connectivity index (χ4n) is 2.67. The van der Waals surface area contributed by atoms with Crippen molar-refractivity contribution < 1.29 is 17.6 Å². The van der Waals surface area contributed by atoms with Crippen molar-refractivity contribution in [3.63, 3.8) is 0 Å². The molecule has 0 saturated heterocycles. The van der Waals surface area contributed by atoms with E-state index in [1.54, 1.807) is 37.3 Å². The van der Waals surface area contributed by atoms with Crippen LogP contribution in [0.25, 0.3) is 11.3 Å². The topological polar surface area (TPSA) is 104 Å². The van der Waals surface area contributed by atoms with Gasteiger partial charge < -0.3 is 5.32 Å². The first-order valence-electron chi connectivity index (χ1n) is 8.81. The fourth-order valence-corrected chi connectivity index (χ4v) is 4.16. The number of amides is 1. The van der Waals surface area contributed by atoms with Crippen LogP contribution in [0.2, 0.25) is 10.0 Å². The molecule has 0 aliphatic rings. The third kappa shape index (κ3) is 5.10. The lowest BCUT2D eigenvalue weighted by Crippen LogP contribution is -2.20. The quantitative estimate of drug-likeness (QED) is 0.455. The molecular weight excluding hydrogens is 454 g/mol. The fraction of sp³-hybridized carbons (Fsp3) is 0.158. The number of carbonyl (C=O) groups excluding carboxylic acids is 1. The van der Waals surface area contributed by atoms with Crippen LogP contribution in [0.5, 0.6) is 0 Å². The zero-order chi connectivity index (χ0) is 21.9. The highest BCUT2D eigenvalue weighted by Gasteiger charge is 2.22. The number of rotatable bonds is 7. The van der Waals surface area contributed by atoms with Crippen molar-refractivity contribution in [3.05, 3.63) is 63.9 Å². The largest absolute Gasteiger partial charge is 0.305 e. The first kappa shape index (κ1) is 22.1. The maximum Gasteiger partial charge on any atom is 0.261 e. The summed E-state index contributed by atoms with van der Waals surface area (Å²) in [6.45, 7) is 1.68. The van der Waals surface area contributed by atoms with Crippen LogP contribution in [0.15, 0.2) is 42.5 Å². The molecule has 11 heteroatoms. The minimum atomic E-state index is -3.74. The molecule has 2 aromatic carbocycles. The van der Waals surface area contributed by atoms with E-state index in [1.165, 1.54) is 6.07 Å². The maximum atomic E-state index is 14.9. The summed E-state index contributed by atoms with van der Waals surface area (Å²) in [4.78, 5) is 12.6. The van der Waals surface area contributed by atoms with Crippen LogP contribution < -0.4 is 10.0 Å². The molecule has 7 nitrogen and oxygen atoms in total. The van der Waals surface area contributed by atoms with E-state index in [9.17, 15) is 17.6 Å². The van der Waals surface area contributed by atoms with Gasteiger partial charge in [-0.1, -0.05) is 42.3 Å². The van der Waals surface area contributed by atoms with Gasteiger partial charge in [-0.15, -0.1) is 0 Å². The molecule has 0 fully saturated rings. The summed E-state index contributed by atoms with van der Waals surface area (Å²) in [5.74, 6) is -1.99. The monoisotopic (exact) mass is 470 g/mol. The van der Waals surface area contributed by atoms with Crippen molar-refractivity contribution in [1.29, 1.82) is 0 Å². The molecule has 0 spiro atoms. The number of hydrogen-bond acceptors (Lipinski definition) is 4. The van der Waals surface area contributed by atoms with Gasteiger partial charge in [-0.3, -0.25) is 14.6 Å². The molecule has 3 N–H and O–H groups in total. The highest BCUT2D eigenvalue weighted by molar-refractivity contribution is 7.92. The van der Waals surface area contributed by atoms with Gasteiger partial charge in [-0.2, -0.15) is 5.10 Å². The van der Waals surface area contributed by atoms with E-state index in [2.05, 4.69) is 20.2 Å². The van der Waals surface area contributed by atoms with E-state index in [0.29, 0.717) is 17.1 Å². The minimum absolute atomic E-state index is 0.136. The summed E-state index contributed by atoms with van der Waals surface area (Å²) in [7, 11) is -3.74. The van der Waals surface area contributed by atoms with Gasteiger partial charge in [0, 0.05) is 11.1 Å². The summed E-state index contributed by atoms with van der Waals surface area (Å²) >= 11 is 11.9. The third-order valence-corrected chi connectivity index (χ3v) is 6.07. The number of sulfonamides is 1. The predicted octanol–water partition coefficient (Wildman–Crippen LogP) is 4.93. The lowest BCUT2D eigenvalue weighted by molar-refractivity contribution is 0.102. The summed E-state index contributed by atoms with van der Waals surface area (Å²) in [5, 5.41) is 9.59. The Morgan fingerprint density at radius 1 is 1.17 bits per heavy atom. The van der Waals surface area contributed by atoms with Gasteiger partial charge in [0.1, 0.15) is 0 Å². The number of aromatic nitrogens is 2. The molecule has 0 unspecified atom stereocenters. The van der Waals surface area contributed by atoms with E-state index < -0.39 is 27.3 Å². The smallest absolute Gasteiger partial charge is 0.261 e. The molecule has 3 rings (SSSR count). The number of benzene rings is 2. The lowest BCUT2D eigenvalue weighted by Gasteiger charge is -2.12. The highest BCUT2D eigenvalue weighted by atomic mass is 35.5. The molecule has 3 aromatic rings. The standard InChI is InChI=1S/C19H17Cl2FN4O3S/c1-2-9-30(28,29)26-14-8-7-13(21)17(18(14)22)19(27)23-16-10-15(24-25-16)11-3-5-12(20)6-4-11/h3-8,10,26H,2,9H2,1H3,(H2,23,24,25,27). The minimum Gasteiger partial charge on any atom is -0.305 e. The molecule has 0 radical (unpaired) electrons. The molecule has 158 valence electrons. The van der Waals surface area contributed by atoms with Crippen molar-refractivity contribution in [1.82, 2.24) is 10.2 Å². The average Bonchev–Trinajstić information content (AvgIpc) is 3.13. The lowest BCUT2D eigenvalue weighted by atomic mass is 10.1. The van der Waals surface area contributed by atoms with E-state index in [1.807, 2.05) is 0 Å². The molecule has 0 aliphatic heterocycles. The molecule has 0 aliphatic carbocycles. The van der Waals surface area contributed by atoms with Crippen LogP contribution in [0.4, 0.5) is 15.9 Å². The van der Waals surface area contributed by atoms with E-state index in [-0.39, 0.29) is 22.3 Å². The van der Waals surface area contributed by atoms with Crippen LogP contribution in [0.1, 0.15) is 23.7 Å². The first-order chi connectivity index (χ1) is 14.2. The van der Waals surface area contributed by atoms with Gasteiger partial charge in [0.2, 0.25) is 10.0 Å². The SMILES string of the molecule is CCCS(=O)(=O)Nc1ccc(Cl)c(C(=O)Nc2cc(-c3ccc(Cl)cc3)[nH]n2)c1F. The Morgan fingerprint density at radius 3 is 2.53 bits per heavy atom. The van der Waals surface area contributed by atoms with Gasteiger partial charge in [0.15, 0.2) is 11.6 Å². The zero-order valence-corrected chi connectivity index (χ0v) is 18.0. The summed E-state index contributed by atoms with van der Waals surface area (Å²) in [5.41, 5.74) is 0.532. The highest BCUT2D eigenvalue weighted by Crippen LogP contribution is 2.28. The number of H-pyrrole nitrogens is 1. The van der Waals surface area contributed by atoms with Gasteiger partial charge in [0.25, 0.3) is 5.91 Å². The Hall–Kier alpha value is -2.62. The van der Waals surface area contributed by atoms with Crippen molar-refractivity contribution >= 4 is 50.6 Å². The van der Waals surface area contributed by atoms with Crippen molar-refractivity contribution in [3.8, 4) is 11.3 Å². The second-order valence-corrected chi connectivity index (χ2v) is 9.02. The molecule has 0 bridgehead atoms. The van der Waals surface area contributed by atoms with Gasteiger partial charge >= 0.3 is 0 Å². The maximum absolute atomic E-state index is 14.9. The summed E-state index contributed by atoms with van der Waals surface area (Å²) in [6.07, 6.45) is 0.354. The Balaban J connectivity index is 1.83. The van der Waals surface area contributed by atoms with E-state index >= 15 is 0 Å². The number of aromatic amines is 1. The first-order valence-corrected chi connectivity index (χ1v) is 11.2. The Labute approximate surface area is 182 Å². The van der Waals surface area contributed by atoms with Crippen LogP contribution in [0.3, 0.4) is 0 Å². The number of halogens is 3. The molecule has 1 aromatic heterocycles. The van der Waals surface area contributed by atoms with Crippen LogP contribution in [-0.2, 0) is 10.0 Å². The van der Waals surface area contributed by atoms with Crippen molar-refractivity contribution in [2.75, 3.05) is 15.8 Å². The van der Waals surface area contributed by atoms with Crippen molar-refractivity contribution in [2.24, 2.45) is 0 Å². The Bertz CT molecular complexity index is 1180. The Morgan fingerprint density at radius 2 is 1.87 bits per heavy atom. The van der Waals surface area contributed by atoms with Crippen LogP contribution in [0, 0.1) is 5.82 Å². The number of carbonyl (C=O) groups is 1. The molecule has 1 amide bonds. The predicted molar refractivity (Wildman–Crippen MR) is 116 cm³/mol. The Kier molecular flexibility index (Phi) is 6.64. The van der Waals surface area contributed by atoms with Gasteiger partial charge in [0.05, 0.1) is 27.7 Å². The number of hydrogen-bond donors (Lipinski definition) is 3. The molecule has 30 heavy (non-hydrogen) atoms. The average molecular weight is 471 g/mol. The molecular formula is C19H17Cl2FN4O3S.